The fourth-order valence-corrected chi connectivity index (χ4v) is 3.50. The number of aryl methyl sites for hydroxylation is 2. The molecule has 0 spiro atoms. The number of nitriles is 1. The largest absolute Gasteiger partial charge is 0.315 e. The molecule has 3 aromatic rings. The molecule has 2 aromatic heterocycles. The minimum Gasteiger partial charge on any atom is -0.315 e. The molecule has 27 heavy (non-hydrogen) atoms. The van der Waals surface area contributed by atoms with Crippen LogP contribution in [0.3, 0.4) is 0 Å². The van der Waals surface area contributed by atoms with Crippen LogP contribution in [0.25, 0.3) is 11.8 Å². The molecule has 0 bridgehead atoms. The van der Waals surface area contributed by atoms with E-state index in [2.05, 4.69) is 10.3 Å². The summed E-state index contributed by atoms with van der Waals surface area (Å²) < 4.78 is 15.9. The summed E-state index contributed by atoms with van der Waals surface area (Å²) in [6, 6.07) is 10.2. The number of aromatic nitrogens is 2. The summed E-state index contributed by atoms with van der Waals surface area (Å²) in [6.45, 7) is 5.49. The summed E-state index contributed by atoms with van der Waals surface area (Å²) in [7, 11) is 0. The lowest BCUT2D eigenvalue weighted by molar-refractivity contribution is -0.112. The first kappa shape index (κ1) is 18.5. The lowest BCUT2D eigenvalue weighted by Crippen LogP contribution is -2.13. The van der Waals surface area contributed by atoms with Gasteiger partial charge in [0.15, 0.2) is 5.13 Å². The number of nitrogens with zero attached hydrogens (tertiary/aromatic N) is 3. The predicted molar refractivity (Wildman–Crippen MR) is 104 cm³/mol. The number of benzene rings is 1. The van der Waals surface area contributed by atoms with Gasteiger partial charge in [0, 0.05) is 16.8 Å². The minimum atomic E-state index is -0.525. The maximum absolute atomic E-state index is 14.2. The smallest absolute Gasteiger partial charge is 0.268 e. The molecule has 1 amide bonds. The van der Waals surface area contributed by atoms with E-state index in [1.165, 1.54) is 23.5 Å². The van der Waals surface area contributed by atoms with Gasteiger partial charge in [-0.1, -0.05) is 12.1 Å². The van der Waals surface area contributed by atoms with Crippen LogP contribution in [-0.4, -0.2) is 15.5 Å². The summed E-state index contributed by atoms with van der Waals surface area (Å²) in [6.07, 6.45) is 1.51. The molecule has 0 saturated carbocycles. The number of nitrogens with one attached hydrogen (secondary N) is 1. The van der Waals surface area contributed by atoms with E-state index >= 15 is 0 Å². The topological polar surface area (TPSA) is 70.7 Å². The number of halogens is 1. The van der Waals surface area contributed by atoms with E-state index in [9.17, 15) is 14.4 Å². The van der Waals surface area contributed by atoms with Crippen molar-refractivity contribution in [3.8, 4) is 11.8 Å². The molecule has 0 aliphatic carbocycles. The van der Waals surface area contributed by atoms with Crippen LogP contribution in [0.1, 0.15) is 22.6 Å². The Morgan fingerprint density at radius 1 is 1.33 bits per heavy atom. The quantitative estimate of drug-likeness (QED) is 0.533. The number of hydrogen-bond acceptors (Lipinski definition) is 4. The third-order valence-electron chi connectivity index (χ3n) is 4.07. The molecule has 1 N–H and O–H groups in total. The molecule has 0 atom stereocenters. The zero-order valence-electron chi connectivity index (χ0n) is 15.1. The second kappa shape index (κ2) is 7.56. The fourth-order valence-electron chi connectivity index (χ4n) is 2.82. The highest BCUT2D eigenvalue weighted by Crippen LogP contribution is 2.25. The van der Waals surface area contributed by atoms with E-state index in [-0.39, 0.29) is 11.4 Å². The summed E-state index contributed by atoms with van der Waals surface area (Å²) >= 11 is 1.30. The van der Waals surface area contributed by atoms with E-state index < -0.39 is 5.91 Å². The number of hydrogen-bond donors (Lipinski definition) is 1. The Morgan fingerprint density at radius 3 is 2.70 bits per heavy atom. The Morgan fingerprint density at radius 2 is 2.07 bits per heavy atom. The fraction of sp³-hybridized carbons (Fsp3) is 0.150. The van der Waals surface area contributed by atoms with Gasteiger partial charge in [0.05, 0.1) is 11.4 Å². The maximum Gasteiger partial charge on any atom is 0.268 e. The normalized spacial score (nSPS) is 11.3. The molecule has 7 heteroatoms. The van der Waals surface area contributed by atoms with Crippen molar-refractivity contribution in [2.45, 2.75) is 20.8 Å². The second-order valence-corrected chi connectivity index (χ2v) is 6.89. The van der Waals surface area contributed by atoms with Crippen molar-refractivity contribution in [1.82, 2.24) is 9.55 Å². The molecule has 0 radical (unpaired) electrons. The van der Waals surface area contributed by atoms with Gasteiger partial charge in [-0.3, -0.25) is 10.1 Å². The van der Waals surface area contributed by atoms with Crippen LogP contribution >= 0.6 is 11.3 Å². The molecular weight excluding hydrogens is 363 g/mol. The van der Waals surface area contributed by atoms with Crippen molar-refractivity contribution in [3.05, 3.63) is 69.7 Å². The molecule has 2 heterocycles. The maximum atomic E-state index is 14.2. The predicted octanol–water partition coefficient (Wildman–Crippen LogP) is 4.54. The number of carbonyl (C=O) groups excluding carboxylic acids is 1. The van der Waals surface area contributed by atoms with E-state index in [0.717, 1.165) is 17.1 Å². The van der Waals surface area contributed by atoms with Gasteiger partial charge in [0.1, 0.15) is 17.5 Å². The molecule has 0 aliphatic rings. The van der Waals surface area contributed by atoms with Crippen LogP contribution in [-0.2, 0) is 4.79 Å². The Kier molecular flexibility index (Phi) is 5.19. The van der Waals surface area contributed by atoms with Gasteiger partial charge in [-0.05, 0) is 50.6 Å². The minimum absolute atomic E-state index is 0.0448. The third-order valence-corrected chi connectivity index (χ3v) is 4.94. The Balaban J connectivity index is 1.96. The van der Waals surface area contributed by atoms with Crippen LogP contribution in [0.5, 0.6) is 0 Å². The van der Waals surface area contributed by atoms with Crippen molar-refractivity contribution in [3.63, 3.8) is 0 Å². The van der Waals surface area contributed by atoms with Crippen LogP contribution in [0.4, 0.5) is 9.52 Å². The van der Waals surface area contributed by atoms with Crippen LogP contribution < -0.4 is 5.32 Å². The lowest BCUT2D eigenvalue weighted by Gasteiger charge is -2.10. The van der Waals surface area contributed by atoms with Crippen molar-refractivity contribution in [1.29, 1.82) is 5.26 Å². The first-order valence-corrected chi connectivity index (χ1v) is 9.07. The van der Waals surface area contributed by atoms with Gasteiger partial charge >= 0.3 is 0 Å². The molecule has 0 aliphatic heterocycles. The molecule has 0 fully saturated rings. The molecule has 1 aromatic carbocycles. The number of anilines is 1. The number of carbonyl (C=O) groups is 1. The number of thiazole rings is 1. The van der Waals surface area contributed by atoms with Crippen molar-refractivity contribution in [2.24, 2.45) is 0 Å². The summed E-state index contributed by atoms with van der Waals surface area (Å²) in [5.41, 5.74) is 3.40. The van der Waals surface area contributed by atoms with Crippen LogP contribution in [0.15, 0.2) is 41.3 Å². The summed E-state index contributed by atoms with van der Waals surface area (Å²) in [5, 5.41) is 14.3. The van der Waals surface area contributed by atoms with E-state index in [4.69, 9.17) is 0 Å². The zero-order chi connectivity index (χ0) is 19.6. The van der Waals surface area contributed by atoms with Gasteiger partial charge in [0.2, 0.25) is 0 Å². The van der Waals surface area contributed by atoms with E-state index in [0.29, 0.717) is 16.4 Å². The Bertz CT molecular complexity index is 1090. The third kappa shape index (κ3) is 3.81. The Labute approximate surface area is 160 Å². The molecule has 0 unspecified atom stereocenters. The second-order valence-electron chi connectivity index (χ2n) is 6.03. The average Bonchev–Trinajstić information content (AvgIpc) is 3.16. The lowest BCUT2D eigenvalue weighted by atomic mass is 10.1. The van der Waals surface area contributed by atoms with Crippen LogP contribution in [0.2, 0.25) is 0 Å². The zero-order valence-corrected chi connectivity index (χ0v) is 15.9. The van der Waals surface area contributed by atoms with Gasteiger partial charge in [0.25, 0.3) is 5.91 Å². The molecule has 0 saturated heterocycles. The van der Waals surface area contributed by atoms with Gasteiger partial charge in [-0.15, -0.1) is 11.3 Å². The SMILES string of the molecule is Cc1csc(NC(=O)C(C#N)=Cc2cc(C)n(-c3ccccc3F)c2C)n1. The van der Waals surface area contributed by atoms with Crippen molar-refractivity contribution < 1.29 is 9.18 Å². The van der Waals surface area contributed by atoms with E-state index in [1.54, 1.807) is 22.8 Å². The summed E-state index contributed by atoms with van der Waals surface area (Å²) in [4.78, 5) is 16.5. The molecular formula is C20H17FN4OS. The van der Waals surface area contributed by atoms with Gasteiger partial charge in [-0.2, -0.15) is 5.26 Å². The average molecular weight is 380 g/mol. The Hall–Kier alpha value is -3.24. The van der Waals surface area contributed by atoms with Crippen molar-refractivity contribution in [2.75, 3.05) is 5.32 Å². The highest BCUT2D eigenvalue weighted by Gasteiger charge is 2.16. The summed E-state index contributed by atoms with van der Waals surface area (Å²) in [5.74, 6) is -0.866. The van der Waals surface area contributed by atoms with Crippen LogP contribution in [0, 0.1) is 37.9 Å². The van der Waals surface area contributed by atoms with E-state index in [1.807, 2.05) is 38.3 Å². The van der Waals surface area contributed by atoms with Gasteiger partial charge in [-0.25, -0.2) is 9.37 Å². The first-order chi connectivity index (χ1) is 12.9. The highest BCUT2D eigenvalue weighted by molar-refractivity contribution is 7.13. The molecule has 5 nitrogen and oxygen atoms in total. The van der Waals surface area contributed by atoms with Crippen molar-refractivity contribution >= 4 is 28.5 Å². The monoisotopic (exact) mass is 380 g/mol. The number of para-hydroxylation sites is 1. The molecule has 3 rings (SSSR count). The standard InChI is InChI=1S/C20H17FN4OS/c1-12-11-27-20(23-12)24-19(26)16(10-22)9-15-8-13(2)25(14(15)3)18-7-5-4-6-17(18)21/h4-9,11H,1-3H3,(H,23,24,26). The first-order valence-electron chi connectivity index (χ1n) is 8.20. The molecule has 136 valence electrons. The number of rotatable bonds is 4. The van der Waals surface area contributed by atoms with Gasteiger partial charge < -0.3 is 4.57 Å². The number of amides is 1. The highest BCUT2D eigenvalue weighted by atomic mass is 32.1.